The Morgan fingerprint density at radius 1 is 1.37 bits per heavy atom. The lowest BCUT2D eigenvalue weighted by Crippen LogP contribution is -2.26. The Labute approximate surface area is 183 Å². The molecule has 1 amide bonds. The van der Waals surface area contributed by atoms with Gasteiger partial charge in [0.2, 0.25) is 5.91 Å². The largest absolute Gasteiger partial charge is 0.497 e. The third-order valence-corrected chi connectivity index (χ3v) is 7.62. The maximum absolute atomic E-state index is 13.2. The zero-order chi connectivity index (χ0) is 21.3. The fourth-order valence-corrected chi connectivity index (χ4v) is 6.02. The van der Waals surface area contributed by atoms with E-state index in [1.807, 2.05) is 32.0 Å². The second-order valence-corrected chi connectivity index (χ2v) is 9.71. The number of aryl methyl sites for hydroxylation is 2. The molecule has 0 saturated carbocycles. The van der Waals surface area contributed by atoms with E-state index in [4.69, 9.17) is 9.72 Å². The van der Waals surface area contributed by atoms with Crippen LogP contribution in [0.3, 0.4) is 0 Å². The van der Waals surface area contributed by atoms with Crippen molar-refractivity contribution in [2.45, 2.75) is 56.5 Å². The first kappa shape index (κ1) is 20.9. The van der Waals surface area contributed by atoms with Gasteiger partial charge in [0.25, 0.3) is 5.56 Å². The number of benzene rings is 1. The topological polar surface area (TPSA) is 73.2 Å². The fraction of sp³-hybridized carbons (Fsp3) is 0.409. The number of methoxy groups -OCH3 is 1. The molecule has 4 rings (SSSR count). The number of rotatable bonds is 6. The van der Waals surface area contributed by atoms with Crippen LogP contribution in [0.5, 0.6) is 5.75 Å². The molecule has 1 aliphatic carbocycles. The van der Waals surface area contributed by atoms with Gasteiger partial charge in [0.15, 0.2) is 5.16 Å². The molecule has 0 fully saturated rings. The molecule has 1 unspecified atom stereocenters. The Balaban J connectivity index is 1.61. The van der Waals surface area contributed by atoms with Gasteiger partial charge in [-0.1, -0.05) is 17.8 Å². The van der Waals surface area contributed by atoms with Gasteiger partial charge in [-0.3, -0.25) is 14.2 Å². The maximum Gasteiger partial charge on any atom is 0.263 e. The second kappa shape index (κ2) is 8.81. The van der Waals surface area contributed by atoms with E-state index in [9.17, 15) is 9.59 Å². The van der Waals surface area contributed by atoms with Crippen LogP contribution in [0.4, 0.5) is 5.69 Å². The van der Waals surface area contributed by atoms with Crippen LogP contribution in [-0.4, -0.2) is 27.8 Å². The van der Waals surface area contributed by atoms with Gasteiger partial charge >= 0.3 is 0 Å². The van der Waals surface area contributed by atoms with Gasteiger partial charge in [-0.25, -0.2) is 4.98 Å². The molecule has 1 aromatic carbocycles. The van der Waals surface area contributed by atoms with Crippen molar-refractivity contribution in [2.75, 3.05) is 12.4 Å². The highest BCUT2D eigenvalue weighted by molar-refractivity contribution is 8.00. The SMILES string of the molecule is CCn1c(SC(C)C(=O)Nc2cccc(OC)c2)nc2sc3c(c2c1=O)CCCC3. The Morgan fingerprint density at radius 2 is 2.17 bits per heavy atom. The first-order chi connectivity index (χ1) is 14.5. The number of thiophene rings is 1. The quantitative estimate of drug-likeness (QED) is 0.449. The van der Waals surface area contributed by atoms with Crippen molar-refractivity contribution in [1.82, 2.24) is 9.55 Å². The average Bonchev–Trinajstić information content (AvgIpc) is 3.12. The Kier molecular flexibility index (Phi) is 6.15. The predicted molar refractivity (Wildman–Crippen MR) is 123 cm³/mol. The summed E-state index contributed by atoms with van der Waals surface area (Å²) in [6.07, 6.45) is 4.29. The Morgan fingerprint density at radius 3 is 2.93 bits per heavy atom. The van der Waals surface area contributed by atoms with Crippen LogP contribution < -0.4 is 15.6 Å². The first-order valence-electron chi connectivity index (χ1n) is 10.2. The van der Waals surface area contributed by atoms with Crippen molar-refractivity contribution in [2.24, 2.45) is 0 Å². The van der Waals surface area contributed by atoms with Gasteiger partial charge in [-0.15, -0.1) is 11.3 Å². The van der Waals surface area contributed by atoms with Gasteiger partial charge in [0.05, 0.1) is 17.7 Å². The van der Waals surface area contributed by atoms with Crippen LogP contribution in [0.15, 0.2) is 34.2 Å². The third kappa shape index (κ3) is 3.98. The number of carbonyl (C=O) groups excluding carboxylic acids is 1. The van der Waals surface area contributed by atoms with E-state index in [1.54, 1.807) is 29.1 Å². The number of hydrogen-bond acceptors (Lipinski definition) is 6. The van der Waals surface area contributed by atoms with Crippen molar-refractivity contribution < 1.29 is 9.53 Å². The Bertz CT molecular complexity index is 1150. The molecule has 1 atom stereocenters. The summed E-state index contributed by atoms with van der Waals surface area (Å²) in [5.41, 5.74) is 1.89. The normalized spacial score (nSPS) is 14.4. The molecule has 0 radical (unpaired) electrons. The van der Waals surface area contributed by atoms with Crippen molar-refractivity contribution in [3.63, 3.8) is 0 Å². The van der Waals surface area contributed by atoms with Gasteiger partial charge in [-0.2, -0.15) is 0 Å². The molecule has 0 aliphatic heterocycles. The number of thioether (sulfide) groups is 1. The van der Waals surface area contributed by atoms with E-state index in [2.05, 4.69) is 5.32 Å². The van der Waals surface area contributed by atoms with Crippen LogP contribution in [0.2, 0.25) is 0 Å². The first-order valence-corrected chi connectivity index (χ1v) is 11.9. The van der Waals surface area contributed by atoms with E-state index in [-0.39, 0.29) is 11.5 Å². The minimum Gasteiger partial charge on any atom is -0.497 e. The van der Waals surface area contributed by atoms with E-state index in [0.717, 1.165) is 29.5 Å². The number of amides is 1. The molecule has 8 heteroatoms. The molecule has 2 heterocycles. The van der Waals surface area contributed by atoms with Crippen LogP contribution >= 0.6 is 23.1 Å². The molecule has 0 saturated heterocycles. The van der Waals surface area contributed by atoms with E-state index in [0.29, 0.717) is 23.1 Å². The molecular formula is C22H25N3O3S2. The highest BCUT2D eigenvalue weighted by Crippen LogP contribution is 2.35. The summed E-state index contributed by atoms with van der Waals surface area (Å²) in [6.45, 7) is 4.30. The summed E-state index contributed by atoms with van der Waals surface area (Å²) in [5, 5.41) is 3.89. The Hall–Kier alpha value is -2.32. The molecule has 3 aromatic rings. The molecule has 0 spiro atoms. The monoisotopic (exact) mass is 443 g/mol. The molecule has 158 valence electrons. The predicted octanol–water partition coefficient (Wildman–Crippen LogP) is 4.48. The number of aromatic nitrogens is 2. The minimum absolute atomic E-state index is 0.0183. The second-order valence-electron chi connectivity index (χ2n) is 7.32. The number of ether oxygens (including phenoxy) is 1. The fourth-order valence-electron chi connectivity index (χ4n) is 3.75. The summed E-state index contributed by atoms with van der Waals surface area (Å²) in [4.78, 5) is 32.9. The molecule has 0 bridgehead atoms. The number of carbonyl (C=O) groups is 1. The molecule has 30 heavy (non-hydrogen) atoms. The molecule has 6 nitrogen and oxygen atoms in total. The zero-order valence-corrected chi connectivity index (χ0v) is 19.0. The van der Waals surface area contributed by atoms with E-state index < -0.39 is 5.25 Å². The molecule has 2 aromatic heterocycles. The summed E-state index contributed by atoms with van der Waals surface area (Å²) in [6, 6.07) is 7.25. The average molecular weight is 444 g/mol. The lowest BCUT2D eigenvalue weighted by molar-refractivity contribution is -0.115. The summed E-state index contributed by atoms with van der Waals surface area (Å²) < 4.78 is 6.91. The third-order valence-electron chi connectivity index (χ3n) is 5.34. The van der Waals surface area contributed by atoms with Crippen LogP contribution in [0.1, 0.15) is 37.1 Å². The zero-order valence-electron chi connectivity index (χ0n) is 17.4. The van der Waals surface area contributed by atoms with E-state index >= 15 is 0 Å². The van der Waals surface area contributed by atoms with Crippen LogP contribution in [0, 0.1) is 0 Å². The highest BCUT2D eigenvalue weighted by Gasteiger charge is 2.24. The molecular weight excluding hydrogens is 418 g/mol. The number of hydrogen-bond donors (Lipinski definition) is 1. The molecule has 1 N–H and O–H groups in total. The number of nitrogens with one attached hydrogen (secondary N) is 1. The van der Waals surface area contributed by atoms with Crippen LogP contribution in [0.25, 0.3) is 10.2 Å². The standard InChI is InChI=1S/C22H25N3O3S2/c1-4-25-21(27)18-16-10-5-6-11-17(16)30-20(18)24-22(25)29-13(2)19(26)23-14-8-7-9-15(12-14)28-3/h7-9,12-13H,4-6,10-11H2,1-3H3,(H,23,26). The smallest absolute Gasteiger partial charge is 0.263 e. The van der Waals surface area contributed by atoms with Crippen molar-refractivity contribution in [3.8, 4) is 5.75 Å². The summed E-state index contributed by atoms with van der Waals surface area (Å²) in [7, 11) is 1.59. The summed E-state index contributed by atoms with van der Waals surface area (Å²) in [5.74, 6) is 0.539. The number of anilines is 1. The number of nitrogens with zero attached hydrogens (tertiary/aromatic N) is 2. The number of fused-ring (bicyclic) bond motifs is 3. The van der Waals surface area contributed by atoms with Crippen molar-refractivity contribution in [1.29, 1.82) is 0 Å². The van der Waals surface area contributed by atoms with Crippen molar-refractivity contribution >= 4 is 44.9 Å². The maximum atomic E-state index is 13.2. The summed E-state index contributed by atoms with van der Waals surface area (Å²) >= 11 is 2.96. The minimum atomic E-state index is -0.409. The van der Waals surface area contributed by atoms with Gasteiger partial charge in [-0.05, 0) is 57.2 Å². The molecule has 1 aliphatic rings. The lowest BCUT2D eigenvalue weighted by atomic mass is 9.97. The van der Waals surface area contributed by atoms with Gasteiger partial charge in [0, 0.05) is 23.2 Å². The van der Waals surface area contributed by atoms with Crippen molar-refractivity contribution in [3.05, 3.63) is 45.1 Å². The van der Waals surface area contributed by atoms with Crippen LogP contribution in [-0.2, 0) is 24.2 Å². The van der Waals surface area contributed by atoms with Gasteiger partial charge < -0.3 is 10.1 Å². The van der Waals surface area contributed by atoms with Gasteiger partial charge in [0.1, 0.15) is 10.6 Å². The lowest BCUT2D eigenvalue weighted by Gasteiger charge is -2.15. The van der Waals surface area contributed by atoms with E-state index in [1.165, 1.54) is 28.6 Å². The highest BCUT2D eigenvalue weighted by atomic mass is 32.2.